The first-order valence-corrected chi connectivity index (χ1v) is 10.5. The van der Waals surface area contributed by atoms with E-state index in [1.54, 1.807) is 24.3 Å². The predicted molar refractivity (Wildman–Crippen MR) is 118 cm³/mol. The number of nitrogens with zero attached hydrogens (tertiary/aromatic N) is 2. The highest BCUT2D eigenvalue weighted by atomic mass is 35.5. The van der Waals surface area contributed by atoms with Gasteiger partial charge in [-0.25, -0.2) is 18.0 Å². The van der Waals surface area contributed by atoms with Gasteiger partial charge in [-0.2, -0.15) is 0 Å². The first-order valence-electron chi connectivity index (χ1n) is 10.1. The number of halogens is 4. The molecule has 3 aromatic rings. The van der Waals surface area contributed by atoms with Crippen molar-refractivity contribution in [2.45, 2.75) is 12.5 Å². The van der Waals surface area contributed by atoms with Gasteiger partial charge >= 0.3 is 6.03 Å². The third-order valence-electron chi connectivity index (χ3n) is 5.39. The van der Waals surface area contributed by atoms with E-state index < -0.39 is 29.4 Å². The number of anilines is 1. The number of amides is 3. The molecule has 170 valence electrons. The summed E-state index contributed by atoms with van der Waals surface area (Å²) in [4.78, 5) is 28.9. The van der Waals surface area contributed by atoms with Crippen LogP contribution in [0.5, 0.6) is 0 Å². The van der Waals surface area contributed by atoms with Crippen molar-refractivity contribution in [3.63, 3.8) is 0 Å². The lowest BCUT2D eigenvalue weighted by molar-refractivity contribution is -0.139. The molecule has 1 aliphatic heterocycles. The number of carbonyl (C=O) groups is 2. The van der Waals surface area contributed by atoms with Gasteiger partial charge in [-0.15, -0.1) is 0 Å². The molecule has 33 heavy (non-hydrogen) atoms. The Labute approximate surface area is 193 Å². The van der Waals surface area contributed by atoms with Gasteiger partial charge in [0.25, 0.3) is 0 Å². The third-order valence-corrected chi connectivity index (χ3v) is 5.68. The van der Waals surface area contributed by atoms with E-state index in [-0.39, 0.29) is 41.9 Å². The van der Waals surface area contributed by atoms with Crippen molar-refractivity contribution in [1.29, 1.82) is 0 Å². The smallest absolute Gasteiger partial charge is 0.320 e. The van der Waals surface area contributed by atoms with Gasteiger partial charge < -0.3 is 15.1 Å². The van der Waals surface area contributed by atoms with E-state index in [9.17, 15) is 22.8 Å². The molecule has 0 aromatic heterocycles. The molecule has 1 aliphatic rings. The van der Waals surface area contributed by atoms with Crippen LogP contribution in [-0.2, 0) is 11.3 Å². The zero-order chi connectivity index (χ0) is 23.5. The molecular weight excluding hydrogens is 455 g/mol. The van der Waals surface area contributed by atoms with E-state index >= 15 is 0 Å². The molecule has 1 saturated heterocycles. The van der Waals surface area contributed by atoms with Gasteiger partial charge in [0.2, 0.25) is 5.91 Å². The summed E-state index contributed by atoms with van der Waals surface area (Å²) in [7, 11) is 0. The second-order valence-corrected chi connectivity index (χ2v) is 8.07. The largest absolute Gasteiger partial charge is 0.323 e. The molecule has 9 heteroatoms. The molecule has 3 amide bonds. The van der Waals surface area contributed by atoms with E-state index in [4.69, 9.17) is 11.6 Å². The fourth-order valence-electron chi connectivity index (χ4n) is 3.69. The molecule has 1 N–H and O–H groups in total. The normalized spacial score (nSPS) is 16.1. The van der Waals surface area contributed by atoms with Crippen molar-refractivity contribution in [2.75, 3.05) is 18.5 Å². The Bertz CT molecular complexity index is 1190. The lowest BCUT2D eigenvalue weighted by atomic mass is 9.95. The molecule has 1 heterocycles. The molecule has 4 rings (SSSR count). The summed E-state index contributed by atoms with van der Waals surface area (Å²) >= 11 is 5.79. The van der Waals surface area contributed by atoms with E-state index in [0.717, 1.165) is 18.2 Å². The molecule has 1 unspecified atom stereocenters. The van der Waals surface area contributed by atoms with Crippen LogP contribution in [0.4, 0.5) is 23.7 Å². The Morgan fingerprint density at radius 1 is 1.00 bits per heavy atom. The van der Waals surface area contributed by atoms with Gasteiger partial charge in [-0.1, -0.05) is 48.0 Å². The fourth-order valence-corrected chi connectivity index (χ4v) is 3.87. The summed E-state index contributed by atoms with van der Waals surface area (Å²) in [5, 5.41) is 2.50. The van der Waals surface area contributed by atoms with Crippen LogP contribution in [-0.4, -0.2) is 35.0 Å². The summed E-state index contributed by atoms with van der Waals surface area (Å²) in [6.45, 7) is -0.161. The molecule has 0 bridgehead atoms. The fraction of sp³-hybridized carbons (Fsp3) is 0.167. The lowest BCUT2D eigenvalue weighted by Gasteiger charge is -2.40. The number of urea groups is 1. The highest BCUT2D eigenvalue weighted by molar-refractivity contribution is 6.31. The lowest BCUT2D eigenvalue weighted by Crippen LogP contribution is -2.54. The minimum atomic E-state index is -0.776. The molecule has 0 saturated carbocycles. The average Bonchev–Trinajstić information content (AvgIpc) is 2.80. The number of nitrogens with one attached hydrogen (secondary N) is 1. The van der Waals surface area contributed by atoms with E-state index in [1.807, 2.05) is 6.07 Å². The maximum absolute atomic E-state index is 14.3. The van der Waals surface area contributed by atoms with Gasteiger partial charge in [0.05, 0.1) is 24.2 Å². The van der Waals surface area contributed by atoms with Crippen molar-refractivity contribution in [3.8, 4) is 0 Å². The van der Waals surface area contributed by atoms with Gasteiger partial charge in [0.1, 0.15) is 17.5 Å². The zero-order valence-corrected chi connectivity index (χ0v) is 18.0. The molecule has 1 atom stereocenters. The van der Waals surface area contributed by atoms with E-state index in [1.165, 1.54) is 28.0 Å². The number of carbonyl (C=O) groups excluding carboxylic acids is 2. The third kappa shape index (κ3) is 5.12. The van der Waals surface area contributed by atoms with Gasteiger partial charge in [-0.05, 0) is 29.8 Å². The molecule has 0 spiro atoms. The Balaban J connectivity index is 1.60. The molecule has 0 aliphatic carbocycles. The summed E-state index contributed by atoms with van der Waals surface area (Å²) < 4.78 is 41.0. The number of rotatable bonds is 4. The number of benzene rings is 3. The van der Waals surface area contributed by atoms with Crippen molar-refractivity contribution in [1.82, 2.24) is 9.80 Å². The summed E-state index contributed by atoms with van der Waals surface area (Å²) in [5.41, 5.74) is 1.12. The Kier molecular flexibility index (Phi) is 6.55. The van der Waals surface area contributed by atoms with E-state index in [2.05, 4.69) is 5.32 Å². The van der Waals surface area contributed by atoms with Crippen LogP contribution >= 0.6 is 11.6 Å². The van der Waals surface area contributed by atoms with Crippen LogP contribution in [0, 0.1) is 17.5 Å². The second-order valence-electron chi connectivity index (χ2n) is 7.66. The highest BCUT2D eigenvalue weighted by Gasteiger charge is 2.36. The van der Waals surface area contributed by atoms with Crippen molar-refractivity contribution in [3.05, 3.63) is 100 Å². The maximum atomic E-state index is 14.3. The van der Waals surface area contributed by atoms with Gasteiger partial charge in [-0.3, -0.25) is 4.79 Å². The Morgan fingerprint density at radius 2 is 1.76 bits per heavy atom. The maximum Gasteiger partial charge on any atom is 0.323 e. The monoisotopic (exact) mass is 473 g/mol. The summed E-state index contributed by atoms with van der Waals surface area (Å²) in [6, 6.07) is 15.3. The number of hydrogen-bond acceptors (Lipinski definition) is 2. The van der Waals surface area contributed by atoms with Crippen molar-refractivity contribution >= 4 is 29.2 Å². The van der Waals surface area contributed by atoms with Crippen LogP contribution in [0.1, 0.15) is 17.0 Å². The predicted octanol–water partition coefficient (Wildman–Crippen LogP) is 5.37. The van der Waals surface area contributed by atoms with Crippen LogP contribution in [0.3, 0.4) is 0 Å². The Hall–Kier alpha value is -3.52. The standard InChI is InChI=1S/C24H19ClF3N3O2/c25-20-11-18(8-9-21(20)27)29-24(33)31-13-19(15-4-2-1-3-5-15)23(32)30(14-31)12-16-6-7-17(26)10-22(16)28/h1-11,19H,12-14H2,(H,29,33). The Morgan fingerprint density at radius 3 is 2.45 bits per heavy atom. The van der Waals surface area contributed by atoms with Gasteiger partial charge in [0.15, 0.2) is 0 Å². The van der Waals surface area contributed by atoms with Crippen LogP contribution < -0.4 is 5.32 Å². The molecule has 1 fully saturated rings. The minimum absolute atomic E-state index is 0.0893. The zero-order valence-electron chi connectivity index (χ0n) is 17.3. The SMILES string of the molecule is O=C(Nc1ccc(F)c(Cl)c1)N1CC(c2ccccc2)C(=O)N(Cc2ccc(F)cc2F)C1. The first kappa shape index (κ1) is 22.7. The molecule has 3 aromatic carbocycles. The summed E-state index contributed by atoms with van der Waals surface area (Å²) in [5.74, 6) is -3.07. The van der Waals surface area contributed by atoms with Crippen LogP contribution in [0.15, 0.2) is 66.7 Å². The first-order chi connectivity index (χ1) is 15.8. The average molecular weight is 474 g/mol. The van der Waals surface area contributed by atoms with Crippen molar-refractivity contribution < 1.29 is 22.8 Å². The van der Waals surface area contributed by atoms with Crippen LogP contribution in [0.2, 0.25) is 5.02 Å². The highest BCUT2D eigenvalue weighted by Crippen LogP contribution is 2.27. The molecule has 0 radical (unpaired) electrons. The van der Waals surface area contributed by atoms with Gasteiger partial charge in [0, 0.05) is 23.9 Å². The second kappa shape index (κ2) is 9.54. The molecule has 5 nitrogen and oxygen atoms in total. The quantitative estimate of drug-likeness (QED) is 0.553. The van der Waals surface area contributed by atoms with E-state index in [0.29, 0.717) is 5.56 Å². The molecular formula is C24H19ClF3N3O2. The van der Waals surface area contributed by atoms with Crippen LogP contribution in [0.25, 0.3) is 0 Å². The number of hydrogen-bond donors (Lipinski definition) is 1. The summed E-state index contributed by atoms with van der Waals surface area (Å²) in [6.07, 6.45) is 0. The topological polar surface area (TPSA) is 52.7 Å². The van der Waals surface area contributed by atoms with Crippen molar-refractivity contribution in [2.24, 2.45) is 0 Å². The minimum Gasteiger partial charge on any atom is -0.320 e.